The first-order valence-corrected chi connectivity index (χ1v) is 6.49. The highest BCUT2D eigenvalue weighted by atomic mass is 16.4. The molecule has 0 saturated carbocycles. The van der Waals surface area contributed by atoms with Crippen molar-refractivity contribution in [3.63, 3.8) is 0 Å². The zero-order valence-corrected chi connectivity index (χ0v) is 11.5. The van der Waals surface area contributed by atoms with Crippen LogP contribution < -0.4 is 5.73 Å². The van der Waals surface area contributed by atoms with Gasteiger partial charge in [-0.15, -0.1) is 10.2 Å². The van der Waals surface area contributed by atoms with Crippen molar-refractivity contribution >= 4 is 22.6 Å². The van der Waals surface area contributed by atoms with E-state index in [1.165, 1.54) is 6.39 Å². The van der Waals surface area contributed by atoms with Crippen LogP contribution in [0.2, 0.25) is 0 Å². The molecule has 0 aromatic carbocycles. The van der Waals surface area contributed by atoms with Gasteiger partial charge in [-0.3, -0.25) is 9.20 Å². The normalized spacial score (nSPS) is 11.3. The summed E-state index contributed by atoms with van der Waals surface area (Å²) in [4.78, 5) is 20.6. The largest absolute Gasteiger partial charge is 0.422 e. The number of aromatic nitrogens is 5. The molecule has 4 heterocycles. The summed E-state index contributed by atoms with van der Waals surface area (Å²) in [6.45, 7) is 1.87. The van der Waals surface area contributed by atoms with E-state index in [9.17, 15) is 4.79 Å². The Morgan fingerprint density at radius 2 is 2.18 bits per heavy atom. The number of primary amides is 1. The van der Waals surface area contributed by atoms with Crippen molar-refractivity contribution in [1.82, 2.24) is 24.6 Å². The molecule has 0 aliphatic heterocycles. The van der Waals surface area contributed by atoms with E-state index in [0.29, 0.717) is 33.8 Å². The monoisotopic (exact) mass is 294 g/mol. The molecule has 8 heteroatoms. The van der Waals surface area contributed by atoms with E-state index in [-0.39, 0.29) is 0 Å². The summed E-state index contributed by atoms with van der Waals surface area (Å²) < 4.78 is 6.92. The summed E-state index contributed by atoms with van der Waals surface area (Å²) in [5, 5.41) is 8.13. The first kappa shape index (κ1) is 12.5. The molecule has 0 saturated heterocycles. The number of carbonyl (C=O) groups is 1. The van der Waals surface area contributed by atoms with Gasteiger partial charge in [0, 0.05) is 17.3 Å². The Morgan fingerprint density at radius 1 is 1.32 bits per heavy atom. The molecule has 1 amide bonds. The second kappa shape index (κ2) is 4.35. The highest BCUT2D eigenvalue weighted by molar-refractivity contribution is 6.06. The van der Waals surface area contributed by atoms with Gasteiger partial charge in [0.15, 0.2) is 0 Å². The van der Waals surface area contributed by atoms with E-state index in [4.69, 9.17) is 10.2 Å². The lowest BCUT2D eigenvalue weighted by Crippen LogP contribution is -2.12. The van der Waals surface area contributed by atoms with Crippen LogP contribution in [0.15, 0.2) is 35.2 Å². The Hall–Kier alpha value is -3.29. The molecular weight excluding hydrogens is 284 g/mol. The SMILES string of the molecule is Cc1ccc2c(C(N)=O)cc3nc(-c4nnco4)cn3c2n1. The minimum Gasteiger partial charge on any atom is -0.422 e. The van der Waals surface area contributed by atoms with E-state index >= 15 is 0 Å². The Kier molecular flexibility index (Phi) is 2.46. The summed E-state index contributed by atoms with van der Waals surface area (Å²) in [6.07, 6.45) is 2.97. The van der Waals surface area contributed by atoms with Gasteiger partial charge in [-0.25, -0.2) is 9.97 Å². The van der Waals surface area contributed by atoms with Crippen molar-refractivity contribution < 1.29 is 9.21 Å². The van der Waals surface area contributed by atoms with Gasteiger partial charge in [-0.1, -0.05) is 0 Å². The molecule has 0 spiro atoms. The fourth-order valence-electron chi connectivity index (χ4n) is 2.40. The van der Waals surface area contributed by atoms with Crippen LogP contribution in [0.5, 0.6) is 0 Å². The number of amides is 1. The van der Waals surface area contributed by atoms with E-state index < -0.39 is 5.91 Å². The van der Waals surface area contributed by atoms with Gasteiger partial charge in [0.25, 0.3) is 5.89 Å². The Bertz CT molecular complexity index is 1020. The molecule has 0 fully saturated rings. The van der Waals surface area contributed by atoms with Crippen LogP contribution in [0.3, 0.4) is 0 Å². The molecule has 0 aliphatic rings. The lowest BCUT2D eigenvalue weighted by Gasteiger charge is -2.06. The zero-order valence-electron chi connectivity index (χ0n) is 11.5. The maximum atomic E-state index is 11.7. The summed E-state index contributed by atoms with van der Waals surface area (Å²) in [5.41, 5.74) is 8.30. The zero-order chi connectivity index (χ0) is 15.3. The van der Waals surface area contributed by atoms with Crippen molar-refractivity contribution in [2.75, 3.05) is 0 Å². The van der Waals surface area contributed by atoms with Gasteiger partial charge in [0.1, 0.15) is 17.0 Å². The first-order chi connectivity index (χ1) is 10.6. The highest BCUT2D eigenvalue weighted by Gasteiger charge is 2.16. The smallest absolute Gasteiger partial charge is 0.267 e. The number of imidazole rings is 1. The van der Waals surface area contributed by atoms with E-state index in [1.807, 2.05) is 19.1 Å². The van der Waals surface area contributed by atoms with Crippen molar-refractivity contribution in [2.45, 2.75) is 6.92 Å². The van der Waals surface area contributed by atoms with Crippen LogP contribution in [0, 0.1) is 6.92 Å². The minimum atomic E-state index is -0.527. The average Bonchev–Trinajstić information content (AvgIpc) is 3.15. The molecule has 0 bridgehead atoms. The number of hydrogen-bond acceptors (Lipinski definition) is 6. The topological polar surface area (TPSA) is 112 Å². The minimum absolute atomic E-state index is 0.296. The number of rotatable bonds is 2. The number of nitrogens with zero attached hydrogens (tertiary/aromatic N) is 5. The quantitative estimate of drug-likeness (QED) is 0.597. The third-order valence-corrected chi connectivity index (χ3v) is 3.38. The highest BCUT2D eigenvalue weighted by Crippen LogP contribution is 2.24. The first-order valence-electron chi connectivity index (χ1n) is 6.49. The van der Waals surface area contributed by atoms with Crippen molar-refractivity contribution in [3.8, 4) is 11.6 Å². The molecular formula is C14H10N6O2. The molecule has 4 rings (SSSR count). The van der Waals surface area contributed by atoms with Gasteiger partial charge >= 0.3 is 0 Å². The molecule has 4 aromatic heterocycles. The molecule has 2 N–H and O–H groups in total. The summed E-state index contributed by atoms with van der Waals surface area (Å²) >= 11 is 0. The van der Waals surface area contributed by atoms with E-state index in [2.05, 4.69) is 20.2 Å². The van der Waals surface area contributed by atoms with Crippen LogP contribution in [-0.4, -0.2) is 30.5 Å². The Labute approximate surface area is 123 Å². The molecule has 8 nitrogen and oxygen atoms in total. The third-order valence-electron chi connectivity index (χ3n) is 3.38. The van der Waals surface area contributed by atoms with E-state index in [0.717, 1.165) is 5.69 Å². The van der Waals surface area contributed by atoms with Crippen molar-refractivity contribution in [1.29, 1.82) is 0 Å². The standard InChI is InChI=1S/C14H10N6O2/c1-7-2-3-8-9(12(15)21)4-11-18-10(14-19-16-6-22-14)5-20(11)13(8)17-7/h2-6H,1H3,(H2,15,21). The van der Waals surface area contributed by atoms with Crippen LogP contribution in [0.25, 0.3) is 28.3 Å². The molecule has 0 aliphatic carbocycles. The summed E-state index contributed by atoms with van der Waals surface area (Å²) in [6, 6.07) is 5.28. The predicted octanol–water partition coefficient (Wildman–Crippen LogP) is 1.34. The molecule has 108 valence electrons. The average molecular weight is 294 g/mol. The van der Waals surface area contributed by atoms with Crippen LogP contribution in [0.1, 0.15) is 16.1 Å². The van der Waals surface area contributed by atoms with Crippen molar-refractivity contribution in [2.24, 2.45) is 5.73 Å². The summed E-state index contributed by atoms with van der Waals surface area (Å²) in [5.74, 6) is -0.231. The second-order valence-corrected chi connectivity index (χ2v) is 4.84. The molecule has 0 unspecified atom stereocenters. The fourth-order valence-corrected chi connectivity index (χ4v) is 2.40. The molecule has 0 atom stereocenters. The number of pyridine rings is 2. The number of carbonyl (C=O) groups excluding carboxylic acids is 1. The number of aryl methyl sites for hydroxylation is 1. The van der Waals surface area contributed by atoms with Gasteiger partial charge in [0.05, 0.1) is 5.56 Å². The fraction of sp³-hybridized carbons (Fsp3) is 0.0714. The maximum absolute atomic E-state index is 11.7. The van der Waals surface area contributed by atoms with Gasteiger partial charge in [0.2, 0.25) is 12.3 Å². The third kappa shape index (κ3) is 1.74. The van der Waals surface area contributed by atoms with E-state index in [1.54, 1.807) is 16.7 Å². The Balaban J connectivity index is 2.12. The maximum Gasteiger partial charge on any atom is 0.267 e. The lowest BCUT2D eigenvalue weighted by atomic mass is 10.1. The van der Waals surface area contributed by atoms with Crippen molar-refractivity contribution in [3.05, 3.63) is 42.0 Å². The number of hydrogen-bond donors (Lipinski definition) is 1. The lowest BCUT2D eigenvalue weighted by molar-refractivity contribution is 0.100. The van der Waals surface area contributed by atoms with Gasteiger partial charge < -0.3 is 10.2 Å². The van der Waals surface area contributed by atoms with Crippen LogP contribution in [-0.2, 0) is 0 Å². The van der Waals surface area contributed by atoms with Crippen LogP contribution in [0.4, 0.5) is 0 Å². The second-order valence-electron chi connectivity index (χ2n) is 4.84. The van der Waals surface area contributed by atoms with Gasteiger partial charge in [-0.05, 0) is 25.1 Å². The molecule has 22 heavy (non-hydrogen) atoms. The molecule has 4 aromatic rings. The van der Waals surface area contributed by atoms with Crippen LogP contribution >= 0.6 is 0 Å². The molecule has 0 radical (unpaired) electrons. The Morgan fingerprint density at radius 3 is 2.91 bits per heavy atom. The van der Waals surface area contributed by atoms with Gasteiger partial charge in [-0.2, -0.15) is 0 Å². The predicted molar refractivity (Wildman–Crippen MR) is 77.0 cm³/mol. The summed E-state index contributed by atoms with van der Waals surface area (Å²) in [7, 11) is 0. The number of nitrogens with two attached hydrogens (primary N) is 1. The number of fused-ring (bicyclic) bond motifs is 3.